The number of aromatic nitrogens is 1. The molecule has 0 amide bonds. The summed E-state index contributed by atoms with van der Waals surface area (Å²) in [6, 6.07) is 2.18. The average molecular weight is 332 g/mol. The lowest BCUT2D eigenvalue weighted by molar-refractivity contribution is 0.169. The van der Waals surface area contributed by atoms with Crippen LogP contribution in [0.25, 0.3) is 0 Å². The summed E-state index contributed by atoms with van der Waals surface area (Å²) in [6.45, 7) is 13.1. The highest BCUT2D eigenvalue weighted by Gasteiger charge is 2.17. The number of methoxy groups -OCH3 is 1. The lowest BCUT2D eigenvalue weighted by atomic mass is 10.2. The van der Waals surface area contributed by atoms with Crippen molar-refractivity contribution in [1.29, 1.82) is 0 Å². The molecule has 5 heteroatoms. The first-order valence-electron chi connectivity index (χ1n) is 8.42. The van der Waals surface area contributed by atoms with E-state index in [-0.39, 0.29) is 0 Å². The minimum Gasteiger partial charge on any atom is -0.385 e. The summed E-state index contributed by atoms with van der Waals surface area (Å²) >= 11 is 0. The van der Waals surface area contributed by atoms with Crippen molar-refractivity contribution in [1.82, 2.24) is 9.88 Å². The van der Waals surface area contributed by atoms with Crippen LogP contribution in [0.5, 0.6) is 0 Å². The van der Waals surface area contributed by atoms with Gasteiger partial charge >= 0.3 is 0 Å². The van der Waals surface area contributed by atoms with Crippen LogP contribution in [0.15, 0.2) is 18.5 Å². The summed E-state index contributed by atoms with van der Waals surface area (Å²) in [7, 11) is 0.425. The van der Waals surface area contributed by atoms with Crippen molar-refractivity contribution in [3.05, 3.63) is 24.0 Å². The lowest BCUT2D eigenvalue weighted by Crippen LogP contribution is -2.46. The molecule has 126 valence electrons. The van der Waals surface area contributed by atoms with Gasteiger partial charge in [0.25, 0.3) is 0 Å². The van der Waals surface area contributed by atoms with Gasteiger partial charge in [0, 0.05) is 58.2 Å². The highest BCUT2D eigenvalue weighted by molar-refractivity contribution is 6.83. The van der Waals surface area contributed by atoms with Crippen LogP contribution in [0.3, 0.4) is 0 Å². The molecule has 2 heterocycles. The first kappa shape index (κ1) is 18.0. The number of piperazine rings is 1. The molecule has 1 saturated heterocycles. The van der Waals surface area contributed by atoms with Gasteiger partial charge < -0.3 is 9.64 Å². The molecule has 0 N–H and O–H groups in total. The number of nitrogens with zero attached hydrogens (tertiary/aromatic N) is 3. The Labute approximate surface area is 141 Å². The Hall–Kier alpha value is -1.35. The normalized spacial score (nSPS) is 16.1. The van der Waals surface area contributed by atoms with E-state index in [0.29, 0.717) is 0 Å². The van der Waals surface area contributed by atoms with Crippen molar-refractivity contribution in [2.24, 2.45) is 0 Å². The number of hydrogen-bond acceptors (Lipinski definition) is 4. The molecule has 1 aliphatic heterocycles. The van der Waals surface area contributed by atoms with Crippen molar-refractivity contribution in [3.63, 3.8) is 0 Å². The van der Waals surface area contributed by atoms with E-state index in [4.69, 9.17) is 4.74 Å². The Morgan fingerprint density at radius 3 is 2.57 bits per heavy atom. The molecule has 0 saturated carbocycles. The fourth-order valence-corrected chi connectivity index (χ4v) is 3.11. The quantitative estimate of drug-likeness (QED) is 0.471. The zero-order valence-electron chi connectivity index (χ0n) is 14.9. The third kappa shape index (κ3) is 6.34. The Balaban J connectivity index is 1.92. The predicted molar refractivity (Wildman–Crippen MR) is 99.6 cm³/mol. The molecule has 4 nitrogen and oxygen atoms in total. The van der Waals surface area contributed by atoms with E-state index in [1.54, 1.807) is 7.11 Å². The molecule has 1 aliphatic rings. The van der Waals surface area contributed by atoms with Gasteiger partial charge in [-0.2, -0.15) is 0 Å². The molecule has 0 bridgehead atoms. The van der Waals surface area contributed by atoms with Crippen LogP contribution in [0.1, 0.15) is 12.0 Å². The molecule has 0 aliphatic carbocycles. The van der Waals surface area contributed by atoms with E-state index in [1.165, 1.54) is 5.69 Å². The van der Waals surface area contributed by atoms with Crippen LogP contribution in [0.2, 0.25) is 19.6 Å². The smallest absolute Gasteiger partial charge is 0.129 e. The van der Waals surface area contributed by atoms with E-state index in [9.17, 15) is 0 Å². The fraction of sp³-hybridized carbons (Fsp3) is 0.611. The van der Waals surface area contributed by atoms with Crippen molar-refractivity contribution < 1.29 is 4.74 Å². The van der Waals surface area contributed by atoms with Gasteiger partial charge in [-0.15, -0.1) is 5.54 Å². The standard InChI is InChI=1S/C18H29N3OSi/c1-22-12-5-7-20-8-10-21(11-9-20)18-14-17(15-19-16-18)6-13-23(2,3)4/h14-16H,5,7-12H2,1-4H3. The first-order valence-corrected chi connectivity index (χ1v) is 11.9. The number of anilines is 1. The van der Waals surface area contributed by atoms with Crippen molar-refractivity contribution in [2.45, 2.75) is 26.1 Å². The van der Waals surface area contributed by atoms with Crippen LogP contribution < -0.4 is 4.90 Å². The lowest BCUT2D eigenvalue weighted by Gasteiger charge is -2.36. The number of rotatable bonds is 5. The number of pyridine rings is 1. The highest BCUT2D eigenvalue weighted by Crippen LogP contribution is 2.16. The van der Waals surface area contributed by atoms with Gasteiger partial charge in [0.2, 0.25) is 0 Å². The maximum atomic E-state index is 5.13. The molecule has 1 aromatic rings. The first-order chi connectivity index (χ1) is 11.0. The molecule has 1 fully saturated rings. The summed E-state index contributed by atoms with van der Waals surface area (Å²) in [5, 5.41) is 0. The minimum absolute atomic E-state index is 0.849. The van der Waals surface area contributed by atoms with Crippen molar-refractivity contribution in [3.8, 4) is 11.5 Å². The second kappa shape index (κ2) is 8.49. The Kier molecular flexibility index (Phi) is 6.64. The second-order valence-corrected chi connectivity index (χ2v) is 11.9. The van der Waals surface area contributed by atoms with Crippen LogP contribution in [0, 0.1) is 11.5 Å². The molecule has 2 rings (SSSR count). The maximum absolute atomic E-state index is 5.13. The summed E-state index contributed by atoms with van der Waals surface area (Å²) in [5.74, 6) is 3.31. The van der Waals surface area contributed by atoms with Crippen LogP contribution in [-0.4, -0.2) is 64.4 Å². The second-order valence-electron chi connectivity index (χ2n) is 7.11. The molecule has 1 aromatic heterocycles. The van der Waals surface area contributed by atoms with Crippen molar-refractivity contribution in [2.75, 3.05) is 51.3 Å². The molecule has 0 atom stereocenters. The summed E-state index contributed by atoms with van der Waals surface area (Å²) in [5.41, 5.74) is 5.65. The van der Waals surface area contributed by atoms with Gasteiger partial charge in [0.1, 0.15) is 8.07 Å². The van der Waals surface area contributed by atoms with Gasteiger partial charge in [-0.3, -0.25) is 9.88 Å². The summed E-state index contributed by atoms with van der Waals surface area (Å²) < 4.78 is 5.13. The summed E-state index contributed by atoms with van der Waals surface area (Å²) in [4.78, 5) is 9.31. The monoisotopic (exact) mass is 331 g/mol. The molecule has 0 spiro atoms. The van der Waals surface area contributed by atoms with E-state index in [2.05, 4.69) is 52.0 Å². The van der Waals surface area contributed by atoms with Crippen molar-refractivity contribution >= 4 is 13.8 Å². The van der Waals surface area contributed by atoms with Gasteiger partial charge in [0.15, 0.2) is 0 Å². The van der Waals surface area contributed by atoms with Crippen LogP contribution >= 0.6 is 0 Å². The van der Waals surface area contributed by atoms with Crippen LogP contribution in [0.4, 0.5) is 5.69 Å². The number of hydrogen-bond donors (Lipinski definition) is 0. The predicted octanol–water partition coefficient (Wildman–Crippen LogP) is 2.47. The average Bonchev–Trinajstić information content (AvgIpc) is 2.54. The Morgan fingerprint density at radius 1 is 1.17 bits per heavy atom. The zero-order valence-corrected chi connectivity index (χ0v) is 15.9. The Morgan fingerprint density at radius 2 is 1.91 bits per heavy atom. The maximum Gasteiger partial charge on any atom is 0.129 e. The molecule has 0 unspecified atom stereocenters. The zero-order chi connectivity index (χ0) is 16.7. The SMILES string of the molecule is COCCCN1CCN(c2cncc(C#C[Si](C)(C)C)c2)CC1. The Bertz CT molecular complexity index is 551. The van der Waals surface area contributed by atoms with Gasteiger partial charge in [-0.05, 0) is 12.5 Å². The van der Waals surface area contributed by atoms with E-state index in [1.807, 2.05) is 12.4 Å². The minimum atomic E-state index is -1.34. The topological polar surface area (TPSA) is 28.6 Å². The number of ether oxygens (including phenoxy) is 1. The van der Waals surface area contributed by atoms with Gasteiger partial charge in [-0.1, -0.05) is 25.6 Å². The third-order valence-electron chi connectivity index (χ3n) is 3.87. The molecule has 0 aromatic carbocycles. The molecule has 0 radical (unpaired) electrons. The largest absolute Gasteiger partial charge is 0.385 e. The fourth-order valence-electron chi connectivity index (χ4n) is 2.59. The van der Waals surface area contributed by atoms with Crippen LogP contribution in [-0.2, 0) is 4.74 Å². The molecular weight excluding hydrogens is 302 g/mol. The highest BCUT2D eigenvalue weighted by atomic mass is 28.3. The molecule has 23 heavy (non-hydrogen) atoms. The van der Waals surface area contributed by atoms with E-state index < -0.39 is 8.07 Å². The van der Waals surface area contributed by atoms with E-state index in [0.717, 1.165) is 51.3 Å². The van der Waals surface area contributed by atoms with E-state index >= 15 is 0 Å². The third-order valence-corrected chi connectivity index (χ3v) is 4.74. The van der Waals surface area contributed by atoms with Gasteiger partial charge in [0.05, 0.1) is 11.9 Å². The van der Waals surface area contributed by atoms with Gasteiger partial charge in [-0.25, -0.2) is 0 Å². The molecular formula is C18H29N3OSi. The summed E-state index contributed by atoms with van der Waals surface area (Å²) in [6.07, 6.45) is 4.94.